The van der Waals surface area contributed by atoms with E-state index in [0.29, 0.717) is 12.1 Å². The van der Waals surface area contributed by atoms with Crippen molar-refractivity contribution in [2.24, 2.45) is 11.8 Å². The summed E-state index contributed by atoms with van der Waals surface area (Å²) in [4.78, 5) is 2.24. The summed E-state index contributed by atoms with van der Waals surface area (Å²) in [6.45, 7) is 4.39. The Kier molecular flexibility index (Phi) is 3.97. The lowest BCUT2D eigenvalue weighted by atomic mass is 9.95. The van der Waals surface area contributed by atoms with E-state index in [1.807, 2.05) is 0 Å². The van der Waals surface area contributed by atoms with Crippen LogP contribution in [0.1, 0.15) is 39.5 Å². The highest BCUT2D eigenvalue weighted by molar-refractivity contribution is 7.80. The Morgan fingerprint density at radius 1 is 1.20 bits per heavy atom. The smallest absolute Gasteiger partial charge is 0.173 e. The third kappa shape index (κ3) is 2.69. The van der Waals surface area contributed by atoms with E-state index in [9.17, 15) is 0 Å². The average molecular weight is 288 g/mol. The molecule has 3 atom stereocenters. The SMILES string of the molecule is CC(C)N(C(=S)N[C@H]1C[C@H]2CC[C@H]1C2)c1ccccc1. The molecule has 20 heavy (non-hydrogen) atoms. The third-order valence-corrected chi connectivity index (χ3v) is 5.13. The van der Waals surface area contributed by atoms with Gasteiger partial charge in [0.2, 0.25) is 0 Å². The van der Waals surface area contributed by atoms with Gasteiger partial charge in [-0.1, -0.05) is 24.6 Å². The van der Waals surface area contributed by atoms with Crippen LogP contribution in [0.3, 0.4) is 0 Å². The highest BCUT2D eigenvalue weighted by atomic mass is 32.1. The van der Waals surface area contributed by atoms with Gasteiger partial charge in [0.05, 0.1) is 0 Å². The van der Waals surface area contributed by atoms with Crippen LogP contribution in [0.2, 0.25) is 0 Å². The predicted molar refractivity (Wildman–Crippen MR) is 89.0 cm³/mol. The largest absolute Gasteiger partial charge is 0.359 e. The minimum Gasteiger partial charge on any atom is -0.359 e. The van der Waals surface area contributed by atoms with Crippen molar-refractivity contribution in [1.82, 2.24) is 5.32 Å². The number of para-hydroxylation sites is 1. The van der Waals surface area contributed by atoms with E-state index in [-0.39, 0.29) is 0 Å². The molecule has 0 aliphatic heterocycles. The molecule has 2 nitrogen and oxygen atoms in total. The average Bonchev–Trinajstić information content (AvgIpc) is 3.02. The number of benzene rings is 1. The van der Waals surface area contributed by atoms with E-state index in [1.54, 1.807) is 0 Å². The molecule has 0 spiro atoms. The van der Waals surface area contributed by atoms with Gasteiger partial charge in [-0.05, 0) is 69.3 Å². The molecule has 3 rings (SSSR count). The predicted octanol–water partition coefficient (Wildman–Crippen LogP) is 3.96. The molecule has 0 unspecified atom stereocenters. The van der Waals surface area contributed by atoms with Crippen molar-refractivity contribution in [2.75, 3.05) is 4.90 Å². The minimum atomic E-state index is 0.371. The highest BCUT2D eigenvalue weighted by Gasteiger charge is 2.40. The van der Waals surface area contributed by atoms with Crippen LogP contribution in [0.5, 0.6) is 0 Å². The van der Waals surface area contributed by atoms with E-state index in [4.69, 9.17) is 12.2 Å². The normalized spacial score (nSPS) is 27.9. The fourth-order valence-corrected chi connectivity index (χ4v) is 4.36. The molecule has 0 heterocycles. The number of fused-ring (bicyclic) bond motifs is 2. The van der Waals surface area contributed by atoms with E-state index < -0.39 is 0 Å². The molecule has 0 saturated heterocycles. The Labute approximate surface area is 127 Å². The highest BCUT2D eigenvalue weighted by Crippen LogP contribution is 2.44. The van der Waals surface area contributed by atoms with Gasteiger partial charge in [0.1, 0.15) is 0 Å². The first-order valence-electron chi connectivity index (χ1n) is 7.80. The standard InChI is InChI=1S/C17H24N2S/c1-12(2)19(15-6-4-3-5-7-15)17(20)18-16-11-13-8-9-14(16)10-13/h3-7,12-14,16H,8-11H2,1-2H3,(H,18,20)/t13-,14-,16-/m0/s1. The quantitative estimate of drug-likeness (QED) is 0.847. The Morgan fingerprint density at radius 3 is 2.50 bits per heavy atom. The molecular weight excluding hydrogens is 264 g/mol. The van der Waals surface area contributed by atoms with Crippen LogP contribution in [0, 0.1) is 11.8 Å². The van der Waals surface area contributed by atoms with Gasteiger partial charge in [-0.25, -0.2) is 0 Å². The van der Waals surface area contributed by atoms with E-state index in [1.165, 1.54) is 31.4 Å². The van der Waals surface area contributed by atoms with Gasteiger partial charge in [-0.2, -0.15) is 0 Å². The molecule has 2 fully saturated rings. The Morgan fingerprint density at radius 2 is 1.95 bits per heavy atom. The molecule has 2 bridgehead atoms. The number of hydrogen-bond donors (Lipinski definition) is 1. The van der Waals surface area contributed by atoms with Gasteiger partial charge < -0.3 is 10.2 Å². The number of hydrogen-bond acceptors (Lipinski definition) is 1. The van der Waals surface area contributed by atoms with Gasteiger partial charge in [0.25, 0.3) is 0 Å². The van der Waals surface area contributed by atoms with E-state index in [0.717, 1.165) is 16.9 Å². The van der Waals surface area contributed by atoms with Crippen molar-refractivity contribution in [3.8, 4) is 0 Å². The lowest BCUT2D eigenvalue weighted by molar-refractivity contribution is 0.390. The number of rotatable bonds is 3. The van der Waals surface area contributed by atoms with Crippen molar-refractivity contribution in [3.05, 3.63) is 30.3 Å². The van der Waals surface area contributed by atoms with Crippen LogP contribution < -0.4 is 10.2 Å². The molecule has 108 valence electrons. The lowest BCUT2D eigenvalue weighted by Crippen LogP contribution is -2.49. The third-order valence-electron chi connectivity index (χ3n) is 4.82. The molecule has 2 aliphatic carbocycles. The van der Waals surface area contributed by atoms with Gasteiger partial charge in [-0.15, -0.1) is 0 Å². The summed E-state index contributed by atoms with van der Waals surface area (Å²) in [5.74, 6) is 1.80. The Hall–Kier alpha value is -1.09. The summed E-state index contributed by atoms with van der Waals surface area (Å²) in [5.41, 5.74) is 1.18. The lowest BCUT2D eigenvalue weighted by Gasteiger charge is -2.33. The van der Waals surface area contributed by atoms with Gasteiger partial charge in [0, 0.05) is 17.8 Å². The van der Waals surface area contributed by atoms with Crippen LogP contribution >= 0.6 is 12.2 Å². The first-order valence-corrected chi connectivity index (χ1v) is 8.20. The van der Waals surface area contributed by atoms with E-state index >= 15 is 0 Å². The van der Waals surface area contributed by atoms with Crippen LogP contribution in [0.4, 0.5) is 5.69 Å². The van der Waals surface area contributed by atoms with Crippen LogP contribution in [0.25, 0.3) is 0 Å². The summed E-state index contributed by atoms with van der Waals surface area (Å²) in [5, 5.41) is 4.54. The molecule has 3 heteroatoms. The number of nitrogens with one attached hydrogen (secondary N) is 1. The molecule has 0 radical (unpaired) electrons. The second-order valence-electron chi connectivity index (χ2n) is 6.53. The summed E-state index contributed by atoms with van der Waals surface area (Å²) < 4.78 is 0. The zero-order valence-corrected chi connectivity index (χ0v) is 13.2. The van der Waals surface area contributed by atoms with Crippen molar-refractivity contribution in [1.29, 1.82) is 0 Å². The molecule has 2 aliphatic rings. The van der Waals surface area contributed by atoms with Gasteiger partial charge >= 0.3 is 0 Å². The molecule has 0 amide bonds. The second kappa shape index (κ2) is 5.72. The molecule has 1 N–H and O–H groups in total. The monoisotopic (exact) mass is 288 g/mol. The molecule has 2 saturated carbocycles. The molecular formula is C17H24N2S. The van der Waals surface area contributed by atoms with Crippen molar-refractivity contribution >= 4 is 23.0 Å². The summed E-state index contributed by atoms with van der Waals surface area (Å²) in [6, 6.07) is 11.4. The first-order chi connectivity index (χ1) is 9.65. The second-order valence-corrected chi connectivity index (χ2v) is 6.92. The number of nitrogens with zero attached hydrogens (tertiary/aromatic N) is 1. The Bertz CT molecular complexity index is 471. The summed E-state index contributed by atoms with van der Waals surface area (Å²) in [7, 11) is 0. The molecule has 1 aromatic carbocycles. The summed E-state index contributed by atoms with van der Waals surface area (Å²) >= 11 is 5.70. The maximum Gasteiger partial charge on any atom is 0.173 e. The van der Waals surface area contributed by atoms with Crippen LogP contribution in [0.15, 0.2) is 30.3 Å². The minimum absolute atomic E-state index is 0.371. The molecule has 0 aromatic heterocycles. The van der Waals surface area contributed by atoms with Crippen LogP contribution in [-0.4, -0.2) is 17.2 Å². The Balaban J connectivity index is 1.70. The van der Waals surface area contributed by atoms with Gasteiger partial charge in [0.15, 0.2) is 5.11 Å². The van der Waals surface area contributed by atoms with E-state index in [2.05, 4.69) is 54.4 Å². The summed E-state index contributed by atoms with van der Waals surface area (Å²) in [6.07, 6.45) is 5.54. The molecule has 1 aromatic rings. The fourth-order valence-electron chi connectivity index (χ4n) is 3.89. The maximum absolute atomic E-state index is 5.70. The maximum atomic E-state index is 5.70. The zero-order valence-electron chi connectivity index (χ0n) is 12.4. The van der Waals surface area contributed by atoms with Crippen LogP contribution in [-0.2, 0) is 0 Å². The fraction of sp³-hybridized carbons (Fsp3) is 0.588. The number of thiocarbonyl (C=S) groups is 1. The van der Waals surface area contributed by atoms with Gasteiger partial charge in [-0.3, -0.25) is 0 Å². The number of anilines is 1. The van der Waals surface area contributed by atoms with Crippen molar-refractivity contribution in [3.63, 3.8) is 0 Å². The van der Waals surface area contributed by atoms with Crippen molar-refractivity contribution < 1.29 is 0 Å². The zero-order chi connectivity index (χ0) is 14.1. The first kappa shape index (κ1) is 13.9. The topological polar surface area (TPSA) is 15.3 Å². The van der Waals surface area contributed by atoms with Crippen molar-refractivity contribution in [2.45, 2.75) is 51.6 Å².